The van der Waals surface area contributed by atoms with Crippen LogP contribution >= 0.6 is 0 Å². The van der Waals surface area contributed by atoms with Crippen LogP contribution in [0.2, 0.25) is 0 Å². The van der Waals surface area contributed by atoms with Gasteiger partial charge >= 0.3 is 12.3 Å². The lowest BCUT2D eigenvalue weighted by atomic mass is 9.97. The molecule has 0 spiro atoms. The first kappa shape index (κ1) is 27.0. The number of nitrogens with zero attached hydrogens (tertiary/aromatic N) is 2. The second-order valence-electron chi connectivity index (χ2n) is 7.88. The Bertz CT molecular complexity index is 1130. The Hall–Kier alpha value is -4.24. The minimum absolute atomic E-state index is 0.131. The number of hydrogen-bond donors (Lipinski definition) is 0. The van der Waals surface area contributed by atoms with Gasteiger partial charge in [-0.15, -0.1) is 0 Å². The highest BCUT2D eigenvalue weighted by atomic mass is 16.2. The summed E-state index contributed by atoms with van der Waals surface area (Å²) in [5.74, 6) is 0. The third-order valence-corrected chi connectivity index (χ3v) is 5.86. The first-order chi connectivity index (χ1) is 17.1. The molecule has 0 aromatic heterocycles. The van der Waals surface area contributed by atoms with E-state index in [-0.39, 0.29) is 18.5 Å². The third-order valence-electron chi connectivity index (χ3n) is 5.86. The standard InChI is InChI=1S/C27H30N2.2CO2/c1-4-22-20-28(24-18-16-21(3)17-19-24)27(23-12-8-6-9-13-23)29(26(22)5-2)25-14-10-7-11-15-25;2*2-1-3/h6-19,27H,4-5,20H2,1-3H3;;. The van der Waals surface area contributed by atoms with E-state index in [4.69, 9.17) is 19.2 Å². The van der Waals surface area contributed by atoms with Gasteiger partial charge in [-0.3, -0.25) is 0 Å². The average molecular weight is 471 g/mol. The number of para-hydroxylation sites is 1. The van der Waals surface area contributed by atoms with Crippen LogP contribution in [0.5, 0.6) is 0 Å². The van der Waals surface area contributed by atoms with E-state index >= 15 is 0 Å². The van der Waals surface area contributed by atoms with Crippen LogP contribution in [0.1, 0.15) is 44.0 Å². The molecule has 1 heterocycles. The summed E-state index contributed by atoms with van der Waals surface area (Å²) in [6.07, 6.45) is 2.73. The molecule has 0 amide bonds. The number of hydrogen-bond acceptors (Lipinski definition) is 6. The molecular formula is C29H30N2O4. The zero-order valence-electron chi connectivity index (χ0n) is 20.3. The molecule has 1 atom stereocenters. The van der Waals surface area contributed by atoms with Gasteiger partial charge in [0.1, 0.15) is 6.17 Å². The molecule has 1 aliphatic heterocycles. The summed E-state index contributed by atoms with van der Waals surface area (Å²) < 4.78 is 0. The van der Waals surface area contributed by atoms with Crippen LogP contribution < -0.4 is 9.80 Å². The molecule has 0 N–H and O–H groups in total. The van der Waals surface area contributed by atoms with Crippen LogP contribution in [-0.2, 0) is 19.2 Å². The monoisotopic (exact) mass is 470 g/mol. The fourth-order valence-electron chi connectivity index (χ4n) is 4.39. The van der Waals surface area contributed by atoms with Crippen LogP contribution in [0.3, 0.4) is 0 Å². The minimum Gasteiger partial charge on any atom is -0.343 e. The molecule has 1 unspecified atom stereocenters. The molecule has 0 bridgehead atoms. The van der Waals surface area contributed by atoms with E-state index in [2.05, 4.69) is 116 Å². The predicted molar refractivity (Wildman–Crippen MR) is 134 cm³/mol. The maximum absolute atomic E-state index is 8.12. The van der Waals surface area contributed by atoms with E-state index in [0.29, 0.717) is 0 Å². The van der Waals surface area contributed by atoms with E-state index in [9.17, 15) is 0 Å². The summed E-state index contributed by atoms with van der Waals surface area (Å²) in [5.41, 5.74) is 8.10. The lowest BCUT2D eigenvalue weighted by molar-refractivity contribution is -0.193. The lowest BCUT2D eigenvalue weighted by Gasteiger charge is -2.48. The maximum atomic E-state index is 8.12. The Labute approximate surface area is 206 Å². The molecule has 0 aliphatic carbocycles. The topological polar surface area (TPSA) is 74.8 Å². The Balaban J connectivity index is 0.000000655. The van der Waals surface area contributed by atoms with Gasteiger partial charge in [-0.25, -0.2) is 0 Å². The summed E-state index contributed by atoms with van der Waals surface area (Å²) >= 11 is 0. The molecule has 4 rings (SSSR count). The summed E-state index contributed by atoms with van der Waals surface area (Å²) in [6, 6.07) is 30.7. The van der Waals surface area contributed by atoms with Crippen LogP contribution in [0, 0.1) is 6.92 Å². The molecule has 1 aliphatic rings. The Morgan fingerprint density at radius 1 is 0.714 bits per heavy atom. The van der Waals surface area contributed by atoms with Crippen LogP contribution in [0.25, 0.3) is 0 Å². The van der Waals surface area contributed by atoms with E-state index in [1.54, 1.807) is 0 Å². The van der Waals surface area contributed by atoms with Gasteiger partial charge < -0.3 is 9.80 Å². The molecule has 3 aromatic carbocycles. The second-order valence-corrected chi connectivity index (χ2v) is 7.88. The number of anilines is 2. The van der Waals surface area contributed by atoms with Crippen molar-refractivity contribution in [3.8, 4) is 0 Å². The Morgan fingerprint density at radius 3 is 1.71 bits per heavy atom. The van der Waals surface area contributed by atoms with E-state index in [1.165, 1.54) is 33.8 Å². The summed E-state index contributed by atoms with van der Waals surface area (Å²) in [4.78, 5) is 37.6. The first-order valence-electron chi connectivity index (χ1n) is 11.5. The van der Waals surface area contributed by atoms with E-state index in [0.717, 1.165) is 19.4 Å². The molecule has 6 nitrogen and oxygen atoms in total. The molecule has 0 fully saturated rings. The van der Waals surface area contributed by atoms with Crippen LogP contribution in [0.15, 0.2) is 96.2 Å². The number of benzene rings is 3. The normalized spacial score (nSPS) is 14.5. The van der Waals surface area contributed by atoms with Gasteiger partial charge in [0.05, 0.1) is 0 Å². The van der Waals surface area contributed by atoms with Gasteiger partial charge in [-0.2, -0.15) is 19.2 Å². The number of carbonyl (C=O) groups excluding carboxylic acids is 4. The van der Waals surface area contributed by atoms with Crippen molar-refractivity contribution in [1.82, 2.24) is 0 Å². The summed E-state index contributed by atoms with van der Waals surface area (Å²) in [7, 11) is 0. The highest BCUT2D eigenvalue weighted by molar-refractivity contribution is 5.63. The second kappa shape index (κ2) is 14.1. The molecule has 0 saturated heterocycles. The third kappa shape index (κ3) is 6.87. The van der Waals surface area contributed by atoms with Crippen molar-refractivity contribution in [2.24, 2.45) is 0 Å². The maximum Gasteiger partial charge on any atom is 0.373 e. The number of aryl methyl sites for hydroxylation is 1. The van der Waals surface area contributed by atoms with Crippen molar-refractivity contribution >= 4 is 23.7 Å². The van der Waals surface area contributed by atoms with E-state index in [1.807, 2.05) is 0 Å². The molecule has 0 radical (unpaired) electrons. The predicted octanol–water partition coefficient (Wildman–Crippen LogP) is 5.93. The fourth-order valence-corrected chi connectivity index (χ4v) is 4.39. The summed E-state index contributed by atoms with van der Waals surface area (Å²) in [6.45, 7) is 7.68. The van der Waals surface area contributed by atoms with Crippen molar-refractivity contribution in [2.45, 2.75) is 39.8 Å². The Morgan fingerprint density at radius 2 is 1.23 bits per heavy atom. The van der Waals surface area contributed by atoms with Crippen molar-refractivity contribution in [3.63, 3.8) is 0 Å². The van der Waals surface area contributed by atoms with Crippen molar-refractivity contribution in [3.05, 3.63) is 107 Å². The first-order valence-corrected chi connectivity index (χ1v) is 11.5. The quantitative estimate of drug-likeness (QED) is 0.460. The van der Waals surface area contributed by atoms with Gasteiger partial charge in [-0.1, -0.05) is 80.1 Å². The van der Waals surface area contributed by atoms with Crippen molar-refractivity contribution in [1.29, 1.82) is 0 Å². The van der Waals surface area contributed by atoms with E-state index < -0.39 is 0 Å². The molecule has 0 saturated carbocycles. The summed E-state index contributed by atoms with van der Waals surface area (Å²) in [5, 5.41) is 0. The van der Waals surface area contributed by atoms with Crippen molar-refractivity contribution < 1.29 is 19.2 Å². The zero-order valence-corrected chi connectivity index (χ0v) is 20.3. The molecular weight excluding hydrogens is 440 g/mol. The molecule has 35 heavy (non-hydrogen) atoms. The highest BCUT2D eigenvalue weighted by Gasteiger charge is 2.35. The average Bonchev–Trinajstić information content (AvgIpc) is 2.90. The zero-order chi connectivity index (χ0) is 25.6. The fraction of sp³-hybridized carbons (Fsp3) is 0.241. The largest absolute Gasteiger partial charge is 0.373 e. The molecule has 180 valence electrons. The van der Waals surface area contributed by atoms with Crippen LogP contribution in [-0.4, -0.2) is 18.8 Å². The SMILES string of the molecule is CCC1=C(CC)N(c2ccccc2)C(c2ccccc2)N(c2ccc(C)cc2)C1.O=C=O.O=C=O. The Kier molecular flexibility index (Phi) is 10.9. The molecule has 3 aromatic rings. The number of allylic oxidation sites excluding steroid dienone is 1. The minimum atomic E-state index is 0.131. The smallest absolute Gasteiger partial charge is 0.343 e. The van der Waals surface area contributed by atoms with Gasteiger partial charge in [-0.05, 0) is 55.2 Å². The lowest BCUT2D eigenvalue weighted by Crippen LogP contribution is -2.47. The van der Waals surface area contributed by atoms with Gasteiger partial charge in [0.25, 0.3) is 0 Å². The number of rotatable bonds is 5. The highest BCUT2D eigenvalue weighted by Crippen LogP contribution is 2.42. The van der Waals surface area contributed by atoms with Crippen LogP contribution in [0.4, 0.5) is 11.4 Å². The van der Waals surface area contributed by atoms with Gasteiger partial charge in [0.2, 0.25) is 0 Å². The molecule has 6 heteroatoms. The van der Waals surface area contributed by atoms with Gasteiger partial charge in [0, 0.05) is 23.6 Å². The van der Waals surface area contributed by atoms with Gasteiger partial charge in [0.15, 0.2) is 0 Å². The van der Waals surface area contributed by atoms with Crippen molar-refractivity contribution in [2.75, 3.05) is 16.3 Å².